The van der Waals surface area contributed by atoms with E-state index in [9.17, 15) is 14.0 Å². The zero-order valence-corrected chi connectivity index (χ0v) is 22.9. The molecule has 3 aromatic carbocycles. The SMILES string of the molecule is C[O-].O=Cc1ccc(-c2ccc3c(N=C4CC(CC(=O)Nc5cccc(F)c5)NN4)ncnc3c2)cc1.[Na+]. The van der Waals surface area contributed by atoms with Gasteiger partial charge in [-0.05, 0) is 41.5 Å². The Labute approximate surface area is 240 Å². The summed E-state index contributed by atoms with van der Waals surface area (Å²) in [6.45, 7) is 0. The van der Waals surface area contributed by atoms with Gasteiger partial charge in [0.15, 0.2) is 5.82 Å². The molecule has 11 heteroatoms. The topological polar surface area (TPSA) is 131 Å². The van der Waals surface area contributed by atoms with Crippen LogP contribution in [0.4, 0.5) is 15.9 Å². The average Bonchev–Trinajstić information content (AvgIpc) is 3.36. The van der Waals surface area contributed by atoms with Gasteiger partial charge in [-0.3, -0.25) is 9.59 Å². The molecule has 188 valence electrons. The Morgan fingerprint density at radius 2 is 1.87 bits per heavy atom. The van der Waals surface area contributed by atoms with E-state index >= 15 is 0 Å². The molecule has 1 aliphatic rings. The summed E-state index contributed by atoms with van der Waals surface area (Å²) >= 11 is 0. The first kappa shape index (κ1) is 29.0. The van der Waals surface area contributed by atoms with Crippen LogP contribution in [-0.4, -0.2) is 41.1 Å². The normalized spacial score (nSPS) is 15.1. The molecule has 1 aliphatic heterocycles. The average molecular weight is 523 g/mol. The number of hydrogen-bond acceptors (Lipinski definition) is 7. The second-order valence-corrected chi connectivity index (χ2v) is 8.16. The number of amidine groups is 1. The monoisotopic (exact) mass is 522 g/mol. The molecule has 4 aromatic rings. The molecule has 1 fully saturated rings. The number of carbonyl (C=O) groups excluding carboxylic acids is 2. The summed E-state index contributed by atoms with van der Waals surface area (Å²) in [4.78, 5) is 36.6. The molecular weight excluding hydrogens is 498 g/mol. The number of benzene rings is 3. The zero-order valence-electron chi connectivity index (χ0n) is 20.9. The molecule has 9 nitrogen and oxygen atoms in total. The Morgan fingerprint density at radius 3 is 2.61 bits per heavy atom. The number of anilines is 1. The van der Waals surface area contributed by atoms with E-state index in [1.54, 1.807) is 24.3 Å². The van der Waals surface area contributed by atoms with E-state index < -0.39 is 5.82 Å². The summed E-state index contributed by atoms with van der Waals surface area (Å²) in [6.07, 6.45) is 2.98. The second-order valence-electron chi connectivity index (χ2n) is 8.16. The minimum Gasteiger partial charge on any atom is -0.857 e. The van der Waals surface area contributed by atoms with E-state index in [-0.39, 0.29) is 47.9 Å². The number of halogens is 1. The summed E-state index contributed by atoms with van der Waals surface area (Å²) < 4.78 is 13.3. The molecule has 1 unspecified atom stereocenters. The first-order valence-electron chi connectivity index (χ1n) is 11.4. The molecule has 0 saturated carbocycles. The third-order valence-corrected chi connectivity index (χ3v) is 5.64. The predicted octanol–water partition coefficient (Wildman–Crippen LogP) is 0.154. The first-order valence-corrected chi connectivity index (χ1v) is 11.4. The maximum Gasteiger partial charge on any atom is 1.00 e. The fraction of sp³-hybridized carbons (Fsp3) is 0.148. The quantitative estimate of drug-likeness (QED) is 0.243. The molecule has 0 spiro atoms. The molecule has 1 atom stereocenters. The van der Waals surface area contributed by atoms with Crippen molar-refractivity contribution in [2.24, 2.45) is 4.99 Å². The number of hydrogen-bond donors (Lipinski definition) is 3. The van der Waals surface area contributed by atoms with Gasteiger partial charge in [-0.15, -0.1) is 0 Å². The Balaban J connectivity index is 0.00000130. The first-order chi connectivity index (χ1) is 18.1. The number of fused-ring (bicyclic) bond motifs is 1. The van der Waals surface area contributed by atoms with Crippen LogP contribution in [0.3, 0.4) is 0 Å². The van der Waals surface area contributed by atoms with Crippen LogP contribution in [0.5, 0.6) is 0 Å². The van der Waals surface area contributed by atoms with Gasteiger partial charge in [0.25, 0.3) is 0 Å². The van der Waals surface area contributed by atoms with Gasteiger partial charge < -0.3 is 15.8 Å². The number of amides is 1. The van der Waals surface area contributed by atoms with Gasteiger partial charge in [0.05, 0.1) is 5.52 Å². The van der Waals surface area contributed by atoms with Gasteiger partial charge in [0.1, 0.15) is 24.3 Å². The van der Waals surface area contributed by atoms with Crippen molar-refractivity contribution in [3.8, 4) is 11.1 Å². The van der Waals surface area contributed by atoms with E-state index in [4.69, 9.17) is 5.11 Å². The number of nitrogens with one attached hydrogen (secondary N) is 3. The number of aldehydes is 1. The Kier molecular flexibility index (Phi) is 10.6. The molecule has 1 aromatic heterocycles. The van der Waals surface area contributed by atoms with Crippen molar-refractivity contribution >= 4 is 40.4 Å². The molecule has 1 amide bonds. The van der Waals surface area contributed by atoms with Crippen LogP contribution < -0.4 is 50.8 Å². The van der Waals surface area contributed by atoms with Gasteiger partial charge in [-0.2, -0.15) is 7.11 Å². The third kappa shape index (κ3) is 7.27. The third-order valence-electron chi connectivity index (χ3n) is 5.64. The predicted molar refractivity (Wildman–Crippen MR) is 138 cm³/mol. The number of aliphatic imine (C=N–C) groups is 1. The van der Waals surface area contributed by atoms with Gasteiger partial charge >= 0.3 is 29.6 Å². The van der Waals surface area contributed by atoms with Crippen molar-refractivity contribution in [2.45, 2.75) is 18.9 Å². The summed E-state index contributed by atoms with van der Waals surface area (Å²) in [6, 6.07) is 18.8. The fourth-order valence-corrected chi connectivity index (χ4v) is 3.91. The van der Waals surface area contributed by atoms with Crippen molar-refractivity contribution in [2.75, 3.05) is 12.4 Å². The zero-order chi connectivity index (χ0) is 26.2. The fourth-order valence-electron chi connectivity index (χ4n) is 3.91. The maximum absolute atomic E-state index is 13.3. The van der Waals surface area contributed by atoms with Crippen LogP contribution in [0.2, 0.25) is 0 Å². The Morgan fingerprint density at radius 1 is 1.11 bits per heavy atom. The second kappa shape index (κ2) is 13.8. The van der Waals surface area contributed by atoms with Crippen molar-refractivity contribution in [1.82, 2.24) is 20.8 Å². The van der Waals surface area contributed by atoms with Crippen molar-refractivity contribution in [3.63, 3.8) is 0 Å². The molecule has 3 N–H and O–H groups in total. The van der Waals surface area contributed by atoms with Crippen LogP contribution in [0.15, 0.2) is 78.0 Å². The van der Waals surface area contributed by atoms with E-state index in [2.05, 4.69) is 31.1 Å². The minimum absolute atomic E-state index is 0. The molecule has 0 bridgehead atoms. The number of nitrogens with zero attached hydrogens (tertiary/aromatic N) is 3. The molecule has 1 saturated heterocycles. The number of carbonyl (C=O) groups is 2. The van der Waals surface area contributed by atoms with Crippen molar-refractivity contribution < 1.29 is 48.6 Å². The maximum atomic E-state index is 13.3. The van der Waals surface area contributed by atoms with E-state index in [1.165, 1.54) is 18.5 Å². The van der Waals surface area contributed by atoms with E-state index in [0.717, 1.165) is 35.4 Å². The Hall–Kier alpha value is -3.54. The standard InChI is InChI=1S/C26H21FN6O2.CH3O.Na/c27-19-2-1-3-20(11-19)30-25(35)13-21-12-24(33-32-21)31-26-22-9-8-18(10-23(22)28-15-29-26)17-6-4-16(14-34)5-7-17;1-2;/h1-11,14-15,21,32H,12-13H2,(H,30,35)(H,28,29,31,33);1H3;/q;-1;+1. The van der Waals surface area contributed by atoms with Crippen molar-refractivity contribution in [1.29, 1.82) is 0 Å². The molecule has 2 heterocycles. The largest absolute Gasteiger partial charge is 1.00 e. The van der Waals surface area contributed by atoms with Gasteiger partial charge in [0.2, 0.25) is 5.91 Å². The van der Waals surface area contributed by atoms with Crippen LogP contribution in [0.25, 0.3) is 22.0 Å². The number of aromatic nitrogens is 2. The molecular formula is C27H24FN6NaO3. The molecule has 5 rings (SSSR count). The summed E-state index contributed by atoms with van der Waals surface area (Å²) in [5.41, 5.74) is 9.81. The van der Waals surface area contributed by atoms with Gasteiger partial charge in [-0.1, -0.05) is 36.4 Å². The van der Waals surface area contributed by atoms with E-state index in [1.807, 2.05) is 30.3 Å². The van der Waals surface area contributed by atoms with Crippen LogP contribution in [0.1, 0.15) is 23.2 Å². The van der Waals surface area contributed by atoms with Crippen LogP contribution in [-0.2, 0) is 4.79 Å². The summed E-state index contributed by atoms with van der Waals surface area (Å²) in [5.74, 6) is 0.546. The minimum atomic E-state index is -0.405. The number of rotatable bonds is 6. The summed E-state index contributed by atoms with van der Waals surface area (Å²) in [7, 11) is 0.750. The van der Waals surface area contributed by atoms with Crippen LogP contribution in [0, 0.1) is 5.82 Å². The van der Waals surface area contributed by atoms with E-state index in [0.29, 0.717) is 29.3 Å². The Bertz CT molecular complexity index is 1450. The molecule has 0 aliphatic carbocycles. The van der Waals surface area contributed by atoms with Gasteiger partial charge in [-0.25, -0.2) is 24.8 Å². The van der Waals surface area contributed by atoms with Crippen molar-refractivity contribution in [3.05, 3.63) is 84.4 Å². The molecule has 0 radical (unpaired) electrons. The molecule has 38 heavy (non-hydrogen) atoms. The summed E-state index contributed by atoms with van der Waals surface area (Å²) in [5, 5.41) is 11.7. The number of hydrazine groups is 1. The van der Waals surface area contributed by atoms with Gasteiger partial charge in [0, 0.05) is 35.5 Å². The smallest absolute Gasteiger partial charge is 0.857 e. The van der Waals surface area contributed by atoms with Crippen LogP contribution >= 0.6 is 0 Å².